The van der Waals surface area contributed by atoms with Crippen molar-refractivity contribution in [3.63, 3.8) is 0 Å². The van der Waals surface area contributed by atoms with Gasteiger partial charge in [0.25, 0.3) is 0 Å². The molecule has 1 aliphatic rings. The van der Waals surface area contributed by atoms with Crippen LogP contribution in [-0.4, -0.2) is 46.4 Å². The first-order chi connectivity index (χ1) is 6.85. The Kier molecular flexibility index (Phi) is 2.97. The molecule has 0 unspecified atom stereocenters. The van der Waals surface area contributed by atoms with Gasteiger partial charge in [-0.15, -0.1) is 0 Å². The van der Waals surface area contributed by atoms with Crippen molar-refractivity contribution in [2.75, 3.05) is 13.1 Å². The third-order valence-corrected chi connectivity index (χ3v) is 2.45. The van der Waals surface area contributed by atoms with E-state index >= 15 is 0 Å². The molecule has 0 saturated carbocycles. The number of aliphatic carboxylic acids is 1. The van der Waals surface area contributed by atoms with Crippen LogP contribution in [0.3, 0.4) is 0 Å². The molecule has 0 spiro atoms. The van der Waals surface area contributed by atoms with E-state index in [4.69, 9.17) is 5.11 Å². The van der Waals surface area contributed by atoms with Gasteiger partial charge in [0.2, 0.25) is 11.8 Å². The molecule has 15 heavy (non-hydrogen) atoms. The molecule has 0 bridgehead atoms. The van der Waals surface area contributed by atoms with E-state index in [1.54, 1.807) is 13.8 Å². The summed E-state index contributed by atoms with van der Waals surface area (Å²) in [4.78, 5) is 34.7. The van der Waals surface area contributed by atoms with E-state index in [1.807, 2.05) is 0 Å². The predicted molar refractivity (Wildman–Crippen MR) is 51.1 cm³/mol. The van der Waals surface area contributed by atoms with Gasteiger partial charge in [-0.05, 0) is 13.8 Å². The van der Waals surface area contributed by atoms with Gasteiger partial charge in [0.1, 0.15) is 12.0 Å². The van der Waals surface area contributed by atoms with E-state index in [-0.39, 0.29) is 5.91 Å². The molecule has 0 aliphatic carbocycles. The number of hydrogen-bond acceptors (Lipinski definition) is 3. The van der Waals surface area contributed by atoms with E-state index in [0.29, 0.717) is 13.1 Å². The normalized spacial score (nSPS) is 19.6. The van der Waals surface area contributed by atoms with Crippen molar-refractivity contribution in [3.05, 3.63) is 0 Å². The van der Waals surface area contributed by atoms with E-state index in [1.165, 1.54) is 4.90 Å². The number of carboxylic acid groups (broad SMARTS) is 1. The fourth-order valence-corrected chi connectivity index (χ4v) is 1.56. The molecule has 1 aliphatic heterocycles. The molecule has 1 saturated heterocycles. The Morgan fingerprint density at radius 2 is 2.13 bits per heavy atom. The first kappa shape index (κ1) is 11.5. The number of amides is 2. The molecule has 0 aromatic carbocycles. The molecule has 0 atom stereocenters. The lowest BCUT2D eigenvalue weighted by molar-refractivity contribution is -0.153. The predicted octanol–water partition coefficient (Wildman–Crippen LogP) is -0.802. The number of carbonyl (C=O) groups is 3. The maximum atomic E-state index is 11.5. The van der Waals surface area contributed by atoms with Gasteiger partial charge in [-0.2, -0.15) is 0 Å². The van der Waals surface area contributed by atoms with Crippen molar-refractivity contribution in [3.8, 4) is 0 Å². The molecular formula is C9H14N2O4. The number of piperazine rings is 1. The number of carbonyl (C=O) groups excluding carboxylic acids is 2. The van der Waals surface area contributed by atoms with Gasteiger partial charge in [0, 0.05) is 13.1 Å². The summed E-state index contributed by atoms with van der Waals surface area (Å²) in [5.74, 6) is -1.96. The molecule has 1 rings (SSSR count). The van der Waals surface area contributed by atoms with E-state index in [9.17, 15) is 14.4 Å². The zero-order chi connectivity index (χ0) is 11.6. The Labute approximate surface area is 87.2 Å². The SMILES string of the molecule is CC1(C)C(=O)NCCN1C(=O)CC(=O)O. The molecule has 2 amide bonds. The summed E-state index contributed by atoms with van der Waals surface area (Å²) in [6, 6.07) is 0. The van der Waals surface area contributed by atoms with Crippen molar-refractivity contribution in [2.24, 2.45) is 0 Å². The molecule has 1 fully saturated rings. The first-order valence-electron chi connectivity index (χ1n) is 4.66. The largest absolute Gasteiger partial charge is 0.481 e. The lowest BCUT2D eigenvalue weighted by Gasteiger charge is -2.40. The molecule has 6 heteroatoms. The smallest absolute Gasteiger partial charge is 0.312 e. The third kappa shape index (κ3) is 2.26. The first-order valence-corrected chi connectivity index (χ1v) is 4.66. The van der Waals surface area contributed by atoms with Gasteiger partial charge < -0.3 is 15.3 Å². The molecule has 2 N–H and O–H groups in total. The zero-order valence-electron chi connectivity index (χ0n) is 8.74. The molecule has 0 radical (unpaired) electrons. The molecule has 0 aromatic rings. The summed E-state index contributed by atoms with van der Waals surface area (Å²) in [7, 11) is 0. The third-order valence-electron chi connectivity index (χ3n) is 2.45. The van der Waals surface area contributed by atoms with E-state index in [2.05, 4.69) is 5.32 Å². The van der Waals surface area contributed by atoms with Crippen LogP contribution in [0.15, 0.2) is 0 Å². The van der Waals surface area contributed by atoms with Gasteiger partial charge in [-0.1, -0.05) is 0 Å². The zero-order valence-corrected chi connectivity index (χ0v) is 8.74. The van der Waals surface area contributed by atoms with Crippen LogP contribution in [0.4, 0.5) is 0 Å². The maximum absolute atomic E-state index is 11.5. The minimum Gasteiger partial charge on any atom is -0.481 e. The second kappa shape index (κ2) is 3.88. The monoisotopic (exact) mass is 214 g/mol. The Morgan fingerprint density at radius 3 is 2.67 bits per heavy atom. The highest BCUT2D eigenvalue weighted by molar-refractivity contribution is 5.98. The van der Waals surface area contributed by atoms with Crippen LogP contribution in [0.5, 0.6) is 0 Å². The lowest BCUT2D eigenvalue weighted by Crippen LogP contribution is -2.63. The quantitative estimate of drug-likeness (QED) is 0.589. The second-order valence-electron chi connectivity index (χ2n) is 3.93. The number of nitrogens with one attached hydrogen (secondary N) is 1. The Morgan fingerprint density at radius 1 is 1.53 bits per heavy atom. The minimum atomic E-state index is -1.18. The van der Waals surface area contributed by atoms with Crippen molar-refractivity contribution in [2.45, 2.75) is 25.8 Å². The van der Waals surface area contributed by atoms with Gasteiger partial charge in [0.15, 0.2) is 0 Å². The van der Waals surface area contributed by atoms with Crippen LogP contribution in [0.1, 0.15) is 20.3 Å². The van der Waals surface area contributed by atoms with Crippen molar-refractivity contribution >= 4 is 17.8 Å². The van der Waals surface area contributed by atoms with E-state index < -0.39 is 23.8 Å². The van der Waals surface area contributed by atoms with Gasteiger partial charge in [0.05, 0.1) is 0 Å². The van der Waals surface area contributed by atoms with Crippen LogP contribution in [0.2, 0.25) is 0 Å². The van der Waals surface area contributed by atoms with Crippen molar-refractivity contribution in [1.82, 2.24) is 10.2 Å². The molecule has 6 nitrogen and oxygen atoms in total. The summed E-state index contributed by atoms with van der Waals surface area (Å²) >= 11 is 0. The van der Waals surface area contributed by atoms with Crippen molar-refractivity contribution in [1.29, 1.82) is 0 Å². The average molecular weight is 214 g/mol. The number of nitrogens with zero attached hydrogens (tertiary/aromatic N) is 1. The maximum Gasteiger partial charge on any atom is 0.312 e. The van der Waals surface area contributed by atoms with Gasteiger partial charge in [-0.25, -0.2) is 0 Å². The highest BCUT2D eigenvalue weighted by Crippen LogP contribution is 2.18. The van der Waals surface area contributed by atoms with Crippen LogP contribution >= 0.6 is 0 Å². The van der Waals surface area contributed by atoms with Crippen LogP contribution < -0.4 is 5.32 Å². The number of hydrogen-bond donors (Lipinski definition) is 2. The number of rotatable bonds is 2. The highest BCUT2D eigenvalue weighted by Gasteiger charge is 2.40. The minimum absolute atomic E-state index is 0.257. The average Bonchev–Trinajstić information content (AvgIpc) is 2.08. The van der Waals surface area contributed by atoms with Gasteiger partial charge in [-0.3, -0.25) is 14.4 Å². The molecular weight excluding hydrogens is 200 g/mol. The topological polar surface area (TPSA) is 86.7 Å². The van der Waals surface area contributed by atoms with Crippen LogP contribution in [0.25, 0.3) is 0 Å². The Hall–Kier alpha value is -1.59. The lowest BCUT2D eigenvalue weighted by atomic mass is 9.98. The van der Waals surface area contributed by atoms with Gasteiger partial charge >= 0.3 is 5.97 Å². The molecule has 0 aromatic heterocycles. The summed E-state index contributed by atoms with van der Waals surface area (Å²) in [6.45, 7) is 3.92. The summed E-state index contributed by atoms with van der Waals surface area (Å²) in [5.41, 5.74) is -0.967. The van der Waals surface area contributed by atoms with Crippen molar-refractivity contribution < 1.29 is 19.5 Å². The Bertz CT molecular complexity index is 311. The summed E-state index contributed by atoms with van der Waals surface area (Å²) in [6.07, 6.45) is -0.573. The Balaban J connectivity index is 2.79. The standard InChI is InChI=1S/C9H14N2O4/c1-9(2)8(15)10-3-4-11(9)6(12)5-7(13)14/h3-5H2,1-2H3,(H,10,15)(H,13,14). The number of carboxylic acids is 1. The van der Waals surface area contributed by atoms with Crippen LogP contribution in [-0.2, 0) is 14.4 Å². The fraction of sp³-hybridized carbons (Fsp3) is 0.667. The van der Waals surface area contributed by atoms with Crippen LogP contribution in [0, 0.1) is 0 Å². The summed E-state index contributed by atoms with van der Waals surface area (Å²) < 4.78 is 0. The fourth-order valence-electron chi connectivity index (χ4n) is 1.56. The molecule has 84 valence electrons. The second-order valence-corrected chi connectivity index (χ2v) is 3.93. The molecule has 1 heterocycles. The highest BCUT2D eigenvalue weighted by atomic mass is 16.4. The summed E-state index contributed by atoms with van der Waals surface area (Å²) in [5, 5.41) is 11.1. The van der Waals surface area contributed by atoms with E-state index in [0.717, 1.165) is 0 Å².